The molecular formula is C28H30F3NO5. The zero-order valence-electron chi connectivity index (χ0n) is 28.3. The summed E-state index contributed by atoms with van der Waals surface area (Å²) in [6.45, 7) is 4.31. The largest absolute Gasteiger partial charge is 0.586 e. The van der Waals surface area contributed by atoms with E-state index in [9.17, 15) is 23.8 Å². The SMILES string of the molecule is [2H]c1c([2H])c(C2(C(=O)Cc3cc4cc(C(C)(C)CC)n(C[C@@]([2H])(O)CO)c4cc3F)C([2H])([2H])C2([2H])[2H])c([2H])c2c1OC(F)(F)O2. The lowest BCUT2D eigenvalue weighted by Gasteiger charge is -2.26. The summed E-state index contributed by atoms with van der Waals surface area (Å²) in [6, 6.07) is 0.643. The van der Waals surface area contributed by atoms with Gasteiger partial charge in [0.15, 0.2) is 11.5 Å². The average Bonchev–Trinajstić information content (AvgIpc) is 3.25. The van der Waals surface area contributed by atoms with Gasteiger partial charge >= 0.3 is 6.29 Å². The molecule has 0 amide bonds. The van der Waals surface area contributed by atoms with E-state index in [0.717, 1.165) is 6.07 Å². The number of hydrogen-bond donors (Lipinski definition) is 2. The molecule has 37 heavy (non-hydrogen) atoms. The number of hydrogen-bond acceptors (Lipinski definition) is 5. The Bertz CT molecular complexity index is 1740. The van der Waals surface area contributed by atoms with Crippen LogP contribution in [0.1, 0.15) is 67.7 Å². The molecule has 1 atom stereocenters. The normalized spacial score (nSPS) is 25.0. The Morgan fingerprint density at radius 2 is 1.97 bits per heavy atom. The molecule has 2 N–H and O–H groups in total. The molecule has 0 unspecified atom stereocenters. The molecule has 2 heterocycles. The topological polar surface area (TPSA) is 80.9 Å². The Morgan fingerprint density at radius 1 is 1.27 bits per heavy atom. The van der Waals surface area contributed by atoms with Gasteiger partial charge < -0.3 is 24.3 Å². The standard InChI is InChI=1S/C28H30F3NO5/c1-4-26(2,3)24-10-17-9-16(20(29)13-21(17)32(24)14-19(34)15-33)11-25(35)27(7-8-27)18-5-6-22-23(12-18)37-28(30,31)36-22/h5-6,9-10,12-13,19,33-34H,4,7-8,11,14-15H2,1-3H3/t19-/m1/s1/i5D,6D,7D2,8D2,12D,19D. The van der Waals surface area contributed by atoms with Gasteiger partial charge in [-0.1, -0.05) is 26.8 Å². The van der Waals surface area contributed by atoms with Gasteiger partial charge in [0, 0.05) is 28.4 Å². The van der Waals surface area contributed by atoms with Gasteiger partial charge in [-0.2, -0.15) is 0 Å². The third kappa shape index (κ3) is 4.48. The maximum Gasteiger partial charge on any atom is 0.586 e. The number of alkyl halides is 2. The summed E-state index contributed by atoms with van der Waals surface area (Å²) in [5.41, 5.74) is -4.05. The second kappa shape index (κ2) is 8.77. The quantitative estimate of drug-likeness (QED) is 0.412. The Hall–Kier alpha value is -3.04. The van der Waals surface area contributed by atoms with Gasteiger partial charge in [-0.25, -0.2) is 4.39 Å². The number of aliphatic hydroxyl groups is 2. The van der Waals surface area contributed by atoms with Crippen LogP contribution in [0.2, 0.25) is 0 Å². The summed E-state index contributed by atoms with van der Waals surface area (Å²) < 4.78 is 120. The molecule has 1 fully saturated rings. The van der Waals surface area contributed by atoms with Gasteiger partial charge in [-0.05, 0) is 60.6 Å². The van der Waals surface area contributed by atoms with Crippen LogP contribution < -0.4 is 9.47 Å². The fraction of sp³-hybridized carbons (Fsp3) is 0.464. The second-order valence-corrected chi connectivity index (χ2v) is 9.76. The molecule has 0 bridgehead atoms. The van der Waals surface area contributed by atoms with Crippen LogP contribution in [0, 0.1) is 5.82 Å². The Balaban J connectivity index is 1.65. The molecule has 1 aromatic heterocycles. The fourth-order valence-electron chi connectivity index (χ4n) is 4.35. The zero-order chi connectivity index (χ0) is 33.9. The van der Waals surface area contributed by atoms with Crippen LogP contribution >= 0.6 is 0 Å². The first kappa shape index (κ1) is 17.5. The fourth-order valence-corrected chi connectivity index (χ4v) is 4.35. The van der Waals surface area contributed by atoms with E-state index >= 15 is 4.39 Å². The van der Waals surface area contributed by atoms with Crippen molar-refractivity contribution < 1.29 is 48.6 Å². The summed E-state index contributed by atoms with van der Waals surface area (Å²) in [7, 11) is 0. The van der Waals surface area contributed by atoms with Crippen LogP contribution in [0.25, 0.3) is 10.9 Å². The number of ether oxygens (including phenoxy) is 2. The molecule has 0 radical (unpaired) electrons. The van der Waals surface area contributed by atoms with Crippen molar-refractivity contribution in [2.45, 2.75) is 76.1 Å². The van der Waals surface area contributed by atoms with Gasteiger partial charge in [-0.3, -0.25) is 4.79 Å². The van der Waals surface area contributed by atoms with Crippen molar-refractivity contribution in [2.24, 2.45) is 0 Å². The maximum atomic E-state index is 15.7. The second-order valence-electron chi connectivity index (χ2n) is 9.76. The monoisotopic (exact) mass is 525 g/mol. The van der Waals surface area contributed by atoms with E-state index in [1.807, 2.05) is 20.8 Å². The minimum Gasteiger partial charge on any atom is -0.395 e. The van der Waals surface area contributed by atoms with Crippen molar-refractivity contribution in [2.75, 3.05) is 6.61 Å². The first-order valence-corrected chi connectivity index (χ1v) is 11.6. The molecule has 1 saturated carbocycles. The van der Waals surface area contributed by atoms with Gasteiger partial charge in [0.05, 0.1) is 35.6 Å². The van der Waals surface area contributed by atoms with Gasteiger partial charge in [0.1, 0.15) is 11.6 Å². The number of halogens is 3. The van der Waals surface area contributed by atoms with Gasteiger partial charge in [-0.15, -0.1) is 8.78 Å². The third-order valence-corrected chi connectivity index (χ3v) is 6.88. The van der Waals surface area contributed by atoms with Gasteiger partial charge in [0.25, 0.3) is 0 Å². The van der Waals surface area contributed by atoms with E-state index in [0.29, 0.717) is 17.5 Å². The number of rotatable bonds is 9. The Labute approximate surface area is 223 Å². The van der Waals surface area contributed by atoms with E-state index in [1.54, 1.807) is 6.07 Å². The molecule has 1 aliphatic carbocycles. The number of carbonyl (C=O) groups excluding carboxylic acids is 1. The number of Topliss-reactive ketones (excluding diaryl/α,β-unsaturated/α-hetero) is 1. The molecule has 0 saturated heterocycles. The molecule has 5 rings (SSSR count). The molecule has 198 valence electrons. The van der Waals surface area contributed by atoms with E-state index in [2.05, 4.69) is 9.47 Å². The van der Waals surface area contributed by atoms with Crippen molar-refractivity contribution in [3.63, 3.8) is 0 Å². The van der Waals surface area contributed by atoms with E-state index in [1.165, 1.54) is 10.6 Å². The van der Waals surface area contributed by atoms with Gasteiger partial charge in [0.2, 0.25) is 0 Å². The molecule has 1 aliphatic heterocycles. The molecular weight excluding hydrogens is 487 g/mol. The molecule has 3 aromatic rings. The lowest BCUT2D eigenvalue weighted by Crippen LogP contribution is -2.26. The maximum absolute atomic E-state index is 15.7. The molecule has 2 aliphatic rings. The highest BCUT2D eigenvalue weighted by Crippen LogP contribution is 2.52. The Kier molecular flexibility index (Phi) is 4.14. The van der Waals surface area contributed by atoms with Crippen LogP contribution in [0.4, 0.5) is 13.2 Å². The molecule has 2 aromatic carbocycles. The smallest absolute Gasteiger partial charge is 0.395 e. The van der Waals surface area contributed by atoms with Crippen molar-refractivity contribution in [3.05, 3.63) is 59.0 Å². The predicted molar refractivity (Wildman–Crippen MR) is 131 cm³/mol. The van der Waals surface area contributed by atoms with Crippen molar-refractivity contribution in [1.29, 1.82) is 0 Å². The minimum absolute atomic E-state index is 0.212. The first-order valence-electron chi connectivity index (χ1n) is 15.6. The van der Waals surface area contributed by atoms with Crippen molar-refractivity contribution in [3.8, 4) is 11.5 Å². The Morgan fingerprint density at radius 3 is 2.62 bits per heavy atom. The van der Waals surface area contributed by atoms with E-state index in [-0.39, 0.29) is 11.1 Å². The first-order chi connectivity index (χ1) is 20.5. The van der Waals surface area contributed by atoms with Crippen LogP contribution in [0.15, 0.2) is 36.3 Å². The van der Waals surface area contributed by atoms with Crippen LogP contribution in [-0.2, 0) is 28.6 Å². The average molecular weight is 526 g/mol. The summed E-state index contributed by atoms with van der Waals surface area (Å²) in [5, 5.41) is 20.1. The zero-order valence-corrected chi connectivity index (χ0v) is 20.3. The summed E-state index contributed by atoms with van der Waals surface area (Å²) in [4.78, 5) is 14.0. The van der Waals surface area contributed by atoms with E-state index < -0.39 is 102 Å². The number of fused-ring (bicyclic) bond motifs is 2. The number of ketones is 1. The van der Waals surface area contributed by atoms with Crippen LogP contribution in [0.3, 0.4) is 0 Å². The van der Waals surface area contributed by atoms with E-state index in [4.69, 9.17) is 11.0 Å². The predicted octanol–water partition coefficient (Wildman–Crippen LogP) is 4.99. The molecule has 9 heteroatoms. The highest BCUT2D eigenvalue weighted by Gasteiger charge is 2.52. The van der Waals surface area contributed by atoms with Crippen molar-refractivity contribution in [1.82, 2.24) is 4.57 Å². The third-order valence-electron chi connectivity index (χ3n) is 6.88. The number of aliphatic hydroxyl groups excluding tert-OH is 1. The van der Waals surface area contributed by atoms with Crippen LogP contribution in [0.5, 0.6) is 11.5 Å². The number of carbonyl (C=O) groups is 1. The molecule has 6 nitrogen and oxygen atoms in total. The lowest BCUT2D eigenvalue weighted by atomic mass is 9.86. The lowest BCUT2D eigenvalue weighted by molar-refractivity contribution is -0.286. The minimum atomic E-state index is -4.33. The van der Waals surface area contributed by atoms with Crippen molar-refractivity contribution >= 4 is 16.7 Å². The number of aromatic nitrogens is 1. The molecule has 0 spiro atoms. The highest BCUT2D eigenvalue weighted by molar-refractivity contribution is 5.95. The number of nitrogens with zero attached hydrogens (tertiary/aromatic N) is 1. The highest BCUT2D eigenvalue weighted by atomic mass is 19.3. The van der Waals surface area contributed by atoms with Crippen LogP contribution in [-0.4, -0.2) is 39.5 Å². The summed E-state index contributed by atoms with van der Waals surface area (Å²) in [6.07, 6.45) is -13.2. The summed E-state index contributed by atoms with van der Waals surface area (Å²) >= 11 is 0. The number of benzene rings is 2. The summed E-state index contributed by atoms with van der Waals surface area (Å²) in [5.74, 6) is -4.35.